The quantitative estimate of drug-likeness (QED) is 0.806. The van der Waals surface area contributed by atoms with Crippen molar-refractivity contribution in [3.8, 4) is 0 Å². The number of aromatic amines is 1. The SMILES string of the molecule is CC(C)(CNC(=O)c1cc2c(Br)ccc(Cl)c2[nH]1)N1CCOCC1. The van der Waals surface area contributed by atoms with E-state index < -0.39 is 0 Å². The topological polar surface area (TPSA) is 57.4 Å². The van der Waals surface area contributed by atoms with Gasteiger partial charge in [-0.05, 0) is 32.0 Å². The number of amides is 1. The molecular weight excluding hydrogens is 394 g/mol. The summed E-state index contributed by atoms with van der Waals surface area (Å²) in [5.74, 6) is -0.129. The van der Waals surface area contributed by atoms with Crippen LogP contribution < -0.4 is 5.32 Å². The van der Waals surface area contributed by atoms with E-state index in [2.05, 4.69) is 45.0 Å². The summed E-state index contributed by atoms with van der Waals surface area (Å²) in [6, 6.07) is 5.50. The lowest BCUT2D eigenvalue weighted by Crippen LogP contribution is -2.55. The number of rotatable bonds is 4. The molecule has 0 atom stereocenters. The molecule has 0 aliphatic carbocycles. The van der Waals surface area contributed by atoms with E-state index >= 15 is 0 Å². The fourth-order valence-electron chi connectivity index (χ4n) is 2.95. The molecule has 0 saturated carbocycles. The smallest absolute Gasteiger partial charge is 0.267 e. The summed E-state index contributed by atoms with van der Waals surface area (Å²) in [5, 5.41) is 4.53. The van der Waals surface area contributed by atoms with Gasteiger partial charge in [0.2, 0.25) is 0 Å². The standard InChI is InChI=1S/C17H21BrClN3O2/c1-17(2,22-5-7-24-8-6-22)10-20-16(23)14-9-11-12(18)3-4-13(19)15(11)21-14/h3-4,9,21H,5-8,10H2,1-2H3,(H,20,23). The molecule has 1 amide bonds. The minimum Gasteiger partial charge on any atom is -0.379 e. The molecule has 0 bridgehead atoms. The number of benzene rings is 1. The number of aromatic nitrogens is 1. The Morgan fingerprint density at radius 2 is 2.12 bits per heavy atom. The van der Waals surface area contributed by atoms with E-state index in [0.717, 1.165) is 41.7 Å². The van der Waals surface area contributed by atoms with Gasteiger partial charge in [0.1, 0.15) is 5.69 Å². The van der Waals surface area contributed by atoms with Crippen molar-refractivity contribution in [3.05, 3.63) is 33.4 Å². The van der Waals surface area contributed by atoms with E-state index in [1.807, 2.05) is 12.1 Å². The molecule has 1 aliphatic heterocycles. The van der Waals surface area contributed by atoms with Crippen molar-refractivity contribution in [2.24, 2.45) is 0 Å². The van der Waals surface area contributed by atoms with Crippen LogP contribution in [0.25, 0.3) is 10.9 Å². The first-order valence-electron chi connectivity index (χ1n) is 7.96. The second-order valence-electron chi connectivity index (χ2n) is 6.60. The van der Waals surface area contributed by atoms with E-state index in [1.165, 1.54) is 0 Å². The summed E-state index contributed by atoms with van der Waals surface area (Å²) in [6.45, 7) is 8.10. The highest BCUT2D eigenvalue weighted by Crippen LogP contribution is 2.30. The minimum absolute atomic E-state index is 0.121. The number of H-pyrrole nitrogens is 1. The lowest BCUT2D eigenvalue weighted by Gasteiger charge is -2.40. The first-order valence-corrected chi connectivity index (χ1v) is 9.13. The molecule has 2 N–H and O–H groups in total. The largest absolute Gasteiger partial charge is 0.379 e. The molecule has 7 heteroatoms. The van der Waals surface area contributed by atoms with Gasteiger partial charge in [-0.15, -0.1) is 0 Å². The molecule has 1 fully saturated rings. The van der Waals surface area contributed by atoms with Crippen LogP contribution in [0.15, 0.2) is 22.7 Å². The summed E-state index contributed by atoms with van der Waals surface area (Å²) in [4.78, 5) is 18.0. The molecule has 130 valence electrons. The maximum Gasteiger partial charge on any atom is 0.267 e. The van der Waals surface area contributed by atoms with E-state index in [-0.39, 0.29) is 11.4 Å². The summed E-state index contributed by atoms with van der Waals surface area (Å²) in [5.41, 5.74) is 1.16. The van der Waals surface area contributed by atoms with Crippen LogP contribution in [0.2, 0.25) is 5.02 Å². The monoisotopic (exact) mass is 413 g/mol. The number of hydrogen-bond donors (Lipinski definition) is 2. The fraction of sp³-hybridized carbons (Fsp3) is 0.471. The zero-order valence-electron chi connectivity index (χ0n) is 13.8. The molecule has 0 radical (unpaired) electrons. The van der Waals surface area contributed by atoms with Crippen molar-refractivity contribution in [1.82, 2.24) is 15.2 Å². The van der Waals surface area contributed by atoms with Crippen molar-refractivity contribution in [2.45, 2.75) is 19.4 Å². The lowest BCUT2D eigenvalue weighted by atomic mass is 10.0. The van der Waals surface area contributed by atoms with Crippen LogP contribution in [0.3, 0.4) is 0 Å². The van der Waals surface area contributed by atoms with Gasteiger partial charge >= 0.3 is 0 Å². The third-order valence-corrected chi connectivity index (χ3v) is 5.49. The van der Waals surface area contributed by atoms with Crippen LogP contribution in [-0.2, 0) is 4.74 Å². The van der Waals surface area contributed by atoms with Gasteiger partial charge in [-0.1, -0.05) is 27.5 Å². The molecule has 24 heavy (non-hydrogen) atoms. The number of carbonyl (C=O) groups is 1. The second-order valence-corrected chi connectivity index (χ2v) is 7.86. The maximum absolute atomic E-state index is 12.5. The molecule has 2 aromatic rings. The zero-order valence-corrected chi connectivity index (χ0v) is 16.1. The Kier molecular flexibility index (Phi) is 5.20. The third-order valence-electron chi connectivity index (χ3n) is 4.48. The zero-order chi connectivity index (χ0) is 17.3. The highest BCUT2D eigenvalue weighted by molar-refractivity contribution is 9.10. The van der Waals surface area contributed by atoms with Gasteiger partial charge < -0.3 is 15.0 Å². The molecule has 0 unspecified atom stereocenters. The predicted octanol–water partition coefficient (Wildman–Crippen LogP) is 3.42. The molecule has 1 aliphatic rings. The number of nitrogens with one attached hydrogen (secondary N) is 2. The van der Waals surface area contributed by atoms with Gasteiger partial charge in [0.25, 0.3) is 5.91 Å². The maximum atomic E-state index is 12.5. The van der Waals surface area contributed by atoms with E-state index in [0.29, 0.717) is 17.3 Å². The van der Waals surface area contributed by atoms with Gasteiger partial charge in [-0.2, -0.15) is 0 Å². The van der Waals surface area contributed by atoms with Crippen molar-refractivity contribution >= 4 is 44.3 Å². The van der Waals surface area contributed by atoms with Crippen molar-refractivity contribution < 1.29 is 9.53 Å². The molecule has 1 aromatic heterocycles. The fourth-order valence-corrected chi connectivity index (χ4v) is 3.60. The number of carbonyl (C=O) groups excluding carboxylic acids is 1. The Bertz CT molecular complexity index is 715. The van der Waals surface area contributed by atoms with Crippen LogP contribution in [-0.4, -0.2) is 54.2 Å². The molecule has 1 aromatic carbocycles. The highest BCUT2D eigenvalue weighted by atomic mass is 79.9. The Morgan fingerprint density at radius 3 is 2.79 bits per heavy atom. The first-order chi connectivity index (χ1) is 11.4. The Balaban J connectivity index is 1.71. The minimum atomic E-state index is -0.129. The van der Waals surface area contributed by atoms with Crippen molar-refractivity contribution in [3.63, 3.8) is 0 Å². The molecular formula is C17H21BrClN3O2. The van der Waals surface area contributed by atoms with Crippen molar-refractivity contribution in [2.75, 3.05) is 32.8 Å². The van der Waals surface area contributed by atoms with Gasteiger partial charge in [-0.3, -0.25) is 9.69 Å². The number of morpholine rings is 1. The van der Waals surface area contributed by atoms with Crippen LogP contribution >= 0.6 is 27.5 Å². The summed E-state index contributed by atoms with van der Waals surface area (Å²) in [6.07, 6.45) is 0. The average Bonchev–Trinajstić information content (AvgIpc) is 3.04. The summed E-state index contributed by atoms with van der Waals surface area (Å²) < 4.78 is 6.30. The highest BCUT2D eigenvalue weighted by Gasteiger charge is 2.28. The van der Waals surface area contributed by atoms with Gasteiger partial charge in [0.05, 0.1) is 23.8 Å². The molecule has 0 spiro atoms. The van der Waals surface area contributed by atoms with Crippen LogP contribution in [0.1, 0.15) is 24.3 Å². The van der Waals surface area contributed by atoms with Gasteiger partial charge in [0, 0.05) is 35.0 Å². The van der Waals surface area contributed by atoms with Gasteiger partial charge in [-0.25, -0.2) is 0 Å². The lowest BCUT2D eigenvalue weighted by molar-refractivity contribution is -0.00924. The third kappa shape index (κ3) is 3.61. The van der Waals surface area contributed by atoms with Crippen LogP contribution in [0, 0.1) is 0 Å². The van der Waals surface area contributed by atoms with E-state index in [1.54, 1.807) is 6.07 Å². The molecule has 3 rings (SSSR count). The summed E-state index contributed by atoms with van der Waals surface area (Å²) in [7, 11) is 0. The van der Waals surface area contributed by atoms with Crippen LogP contribution in [0.4, 0.5) is 0 Å². The van der Waals surface area contributed by atoms with E-state index in [4.69, 9.17) is 16.3 Å². The van der Waals surface area contributed by atoms with Gasteiger partial charge in [0.15, 0.2) is 0 Å². The number of halogens is 2. The number of hydrogen-bond acceptors (Lipinski definition) is 3. The van der Waals surface area contributed by atoms with E-state index in [9.17, 15) is 4.79 Å². The Hall–Kier alpha value is -1.08. The normalized spacial score (nSPS) is 16.5. The Labute approximate surface area is 154 Å². The Morgan fingerprint density at radius 1 is 1.42 bits per heavy atom. The number of fused-ring (bicyclic) bond motifs is 1. The number of nitrogens with zero attached hydrogens (tertiary/aromatic N) is 1. The predicted molar refractivity (Wildman–Crippen MR) is 99.8 cm³/mol. The number of ether oxygens (including phenoxy) is 1. The first kappa shape index (κ1) is 17.7. The van der Waals surface area contributed by atoms with Crippen molar-refractivity contribution in [1.29, 1.82) is 0 Å². The van der Waals surface area contributed by atoms with Crippen LogP contribution in [0.5, 0.6) is 0 Å². The summed E-state index contributed by atoms with van der Waals surface area (Å²) >= 11 is 9.68. The second kappa shape index (κ2) is 7.04. The average molecular weight is 415 g/mol. The molecule has 2 heterocycles. The molecule has 1 saturated heterocycles. The molecule has 5 nitrogen and oxygen atoms in total.